The summed E-state index contributed by atoms with van der Waals surface area (Å²) in [6.07, 6.45) is 3.96. The SMILES string of the molecule is CNC(=O)COc1ccc2nccc(SC3(C(=O)O)CCC3)c2c1. The summed E-state index contributed by atoms with van der Waals surface area (Å²) in [5.74, 6) is -0.426. The highest BCUT2D eigenvalue weighted by atomic mass is 32.2. The molecule has 7 heteroatoms. The van der Waals surface area contributed by atoms with E-state index in [1.165, 1.54) is 11.8 Å². The molecule has 1 heterocycles. The summed E-state index contributed by atoms with van der Waals surface area (Å²) < 4.78 is 4.73. The van der Waals surface area contributed by atoms with Crippen molar-refractivity contribution >= 4 is 34.5 Å². The highest BCUT2D eigenvalue weighted by Crippen LogP contribution is 2.49. The second kappa shape index (κ2) is 6.68. The number of fused-ring (bicyclic) bond motifs is 1. The highest BCUT2D eigenvalue weighted by Gasteiger charge is 2.45. The third kappa shape index (κ3) is 3.17. The van der Waals surface area contributed by atoms with Gasteiger partial charge in [0.05, 0.1) is 5.52 Å². The molecule has 0 radical (unpaired) electrons. The van der Waals surface area contributed by atoms with Crippen LogP contribution in [0.25, 0.3) is 10.9 Å². The number of hydrogen-bond acceptors (Lipinski definition) is 5. The highest BCUT2D eigenvalue weighted by molar-refractivity contribution is 8.01. The van der Waals surface area contributed by atoms with Crippen LogP contribution in [0.1, 0.15) is 19.3 Å². The molecule has 1 amide bonds. The molecule has 0 saturated heterocycles. The lowest BCUT2D eigenvalue weighted by Gasteiger charge is -2.37. The van der Waals surface area contributed by atoms with Gasteiger partial charge in [-0.15, -0.1) is 11.8 Å². The van der Waals surface area contributed by atoms with Crippen molar-refractivity contribution in [1.82, 2.24) is 10.3 Å². The Hall–Kier alpha value is -2.28. The molecule has 2 N–H and O–H groups in total. The number of pyridine rings is 1. The fourth-order valence-electron chi connectivity index (χ4n) is 2.57. The molecule has 1 aliphatic rings. The van der Waals surface area contributed by atoms with Crippen molar-refractivity contribution in [3.63, 3.8) is 0 Å². The molecule has 6 nitrogen and oxygen atoms in total. The largest absolute Gasteiger partial charge is 0.484 e. The van der Waals surface area contributed by atoms with E-state index in [0.29, 0.717) is 18.6 Å². The Morgan fingerprint density at radius 3 is 2.79 bits per heavy atom. The summed E-state index contributed by atoms with van der Waals surface area (Å²) in [5, 5.41) is 12.9. The van der Waals surface area contributed by atoms with E-state index in [4.69, 9.17) is 4.74 Å². The molecule has 24 heavy (non-hydrogen) atoms. The second-order valence-electron chi connectivity index (χ2n) is 5.70. The monoisotopic (exact) mass is 346 g/mol. The lowest BCUT2D eigenvalue weighted by Crippen LogP contribution is -2.41. The first kappa shape index (κ1) is 16.6. The van der Waals surface area contributed by atoms with E-state index < -0.39 is 10.7 Å². The maximum absolute atomic E-state index is 11.6. The lowest BCUT2D eigenvalue weighted by atomic mass is 9.84. The van der Waals surface area contributed by atoms with Gasteiger partial charge in [0, 0.05) is 23.5 Å². The molecule has 0 spiro atoms. The Morgan fingerprint density at radius 1 is 1.38 bits per heavy atom. The number of aromatic nitrogens is 1. The van der Waals surface area contributed by atoms with Crippen LogP contribution in [0, 0.1) is 0 Å². The topological polar surface area (TPSA) is 88.5 Å². The number of carboxylic acids is 1. The quantitative estimate of drug-likeness (QED) is 0.835. The first-order valence-electron chi connectivity index (χ1n) is 7.69. The van der Waals surface area contributed by atoms with Gasteiger partial charge in [0.1, 0.15) is 10.5 Å². The average molecular weight is 346 g/mol. The summed E-state index contributed by atoms with van der Waals surface area (Å²) in [6, 6.07) is 7.20. The third-order valence-electron chi connectivity index (χ3n) is 4.18. The van der Waals surface area contributed by atoms with Crippen molar-refractivity contribution in [3.05, 3.63) is 30.5 Å². The van der Waals surface area contributed by atoms with Gasteiger partial charge < -0.3 is 15.2 Å². The van der Waals surface area contributed by atoms with Gasteiger partial charge in [-0.1, -0.05) is 0 Å². The summed E-state index contributed by atoms with van der Waals surface area (Å²) in [6.45, 7) is -0.0657. The van der Waals surface area contributed by atoms with Crippen LogP contribution in [-0.4, -0.2) is 40.4 Å². The Bertz CT molecular complexity index is 789. The van der Waals surface area contributed by atoms with Crippen LogP contribution in [0.2, 0.25) is 0 Å². The van der Waals surface area contributed by atoms with Crippen molar-refractivity contribution in [2.75, 3.05) is 13.7 Å². The number of hydrogen-bond donors (Lipinski definition) is 2. The zero-order chi connectivity index (χ0) is 17.2. The molecule has 1 aromatic heterocycles. The Balaban J connectivity index is 1.90. The summed E-state index contributed by atoms with van der Waals surface area (Å²) in [7, 11) is 1.55. The van der Waals surface area contributed by atoms with E-state index in [1.807, 2.05) is 18.2 Å². The predicted octanol–water partition coefficient (Wildman–Crippen LogP) is 2.46. The molecule has 0 atom stereocenters. The number of thioether (sulfide) groups is 1. The number of likely N-dealkylation sites (N-methyl/N-ethyl adjacent to an activating group) is 1. The van der Waals surface area contributed by atoms with Gasteiger partial charge in [0.15, 0.2) is 6.61 Å². The normalized spacial score (nSPS) is 15.5. The van der Waals surface area contributed by atoms with Crippen LogP contribution in [0.3, 0.4) is 0 Å². The van der Waals surface area contributed by atoms with Crippen molar-refractivity contribution in [2.45, 2.75) is 28.9 Å². The second-order valence-corrected chi connectivity index (χ2v) is 7.13. The summed E-state index contributed by atoms with van der Waals surface area (Å²) in [4.78, 5) is 28.1. The van der Waals surface area contributed by atoms with Gasteiger partial charge in [0.2, 0.25) is 0 Å². The lowest BCUT2D eigenvalue weighted by molar-refractivity contribution is -0.142. The molecular weight excluding hydrogens is 328 g/mol. The van der Waals surface area contributed by atoms with Crippen molar-refractivity contribution in [1.29, 1.82) is 0 Å². The number of rotatable bonds is 6. The minimum atomic E-state index is -0.768. The van der Waals surface area contributed by atoms with E-state index in [-0.39, 0.29) is 12.5 Å². The molecule has 2 aromatic rings. The summed E-state index contributed by atoms with van der Waals surface area (Å²) >= 11 is 1.38. The Morgan fingerprint density at radius 2 is 2.17 bits per heavy atom. The molecule has 3 rings (SSSR count). The van der Waals surface area contributed by atoms with Gasteiger partial charge in [-0.2, -0.15) is 0 Å². The molecular formula is C17H18N2O4S. The van der Waals surface area contributed by atoms with Crippen LogP contribution >= 0.6 is 11.8 Å². The number of carbonyl (C=O) groups excluding carboxylic acids is 1. The molecule has 0 aliphatic heterocycles. The van der Waals surface area contributed by atoms with E-state index in [0.717, 1.165) is 22.2 Å². The zero-order valence-corrected chi connectivity index (χ0v) is 14.1. The minimum absolute atomic E-state index is 0.0657. The molecule has 126 valence electrons. The number of nitrogens with one attached hydrogen (secondary N) is 1. The first-order valence-corrected chi connectivity index (χ1v) is 8.50. The van der Waals surface area contributed by atoms with Crippen LogP contribution in [0.4, 0.5) is 0 Å². The predicted molar refractivity (Wildman–Crippen MR) is 91.4 cm³/mol. The standard InChI is InChI=1S/C17H18N2O4S/c1-18-15(20)10-23-11-3-4-13-12(9-11)14(5-8-19-13)24-17(16(21)22)6-2-7-17/h3-5,8-9H,2,6-7,10H2,1H3,(H,18,20)(H,21,22). The third-order valence-corrected chi connectivity index (χ3v) is 5.73. The van der Waals surface area contributed by atoms with Crippen LogP contribution in [0.5, 0.6) is 5.75 Å². The molecule has 0 bridgehead atoms. The van der Waals surface area contributed by atoms with E-state index >= 15 is 0 Å². The molecule has 1 aromatic carbocycles. The van der Waals surface area contributed by atoms with Crippen LogP contribution in [0.15, 0.2) is 35.4 Å². The van der Waals surface area contributed by atoms with E-state index in [9.17, 15) is 14.7 Å². The molecule has 1 aliphatic carbocycles. The van der Waals surface area contributed by atoms with E-state index in [1.54, 1.807) is 19.3 Å². The fraction of sp³-hybridized carbons (Fsp3) is 0.353. The maximum atomic E-state index is 11.6. The van der Waals surface area contributed by atoms with Crippen molar-refractivity contribution in [3.8, 4) is 5.75 Å². The number of carboxylic acid groups (broad SMARTS) is 1. The summed E-state index contributed by atoms with van der Waals surface area (Å²) in [5.41, 5.74) is 0.771. The smallest absolute Gasteiger partial charge is 0.320 e. The zero-order valence-electron chi connectivity index (χ0n) is 13.2. The van der Waals surface area contributed by atoms with Crippen LogP contribution in [-0.2, 0) is 9.59 Å². The number of ether oxygens (including phenoxy) is 1. The van der Waals surface area contributed by atoms with Crippen LogP contribution < -0.4 is 10.1 Å². The minimum Gasteiger partial charge on any atom is -0.484 e. The fourth-order valence-corrected chi connectivity index (χ4v) is 3.97. The Kier molecular flexibility index (Phi) is 4.62. The molecule has 1 fully saturated rings. The van der Waals surface area contributed by atoms with Gasteiger partial charge >= 0.3 is 5.97 Å². The maximum Gasteiger partial charge on any atom is 0.320 e. The number of benzene rings is 1. The van der Waals surface area contributed by atoms with Gasteiger partial charge in [-0.05, 0) is 43.5 Å². The van der Waals surface area contributed by atoms with Crippen molar-refractivity contribution in [2.24, 2.45) is 0 Å². The first-order chi connectivity index (χ1) is 11.5. The number of nitrogens with zero attached hydrogens (tertiary/aromatic N) is 1. The van der Waals surface area contributed by atoms with Gasteiger partial charge in [0.25, 0.3) is 5.91 Å². The van der Waals surface area contributed by atoms with Gasteiger partial charge in [-0.3, -0.25) is 14.6 Å². The number of aliphatic carboxylic acids is 1. The van der Waals surface area contributed by atoms with Gasteiger partial charge in [-0.25, -0.2) is 0 Å². The number of amides is 1. The number of carbonyl (C=O) groups is 2. The molecule has 0 unspecified atom stereocenters. The van der Waals surface area contributed by atoms with E-state index in [2.05, 4.69) is 10.3 Å². The molecule has 1 saturated carbocycles. The average Bonchev–Trinajstić information content (AvgIpc) is 2.55. The van der Waals surface area contributed by atoms with Crippen molar-refractivity contribution < 1.29 is 19.4 Å². The Labute approximate surface area is 143 Å².